The number of aromatic nitrogens is 2. The van der Waals surface area contributed by atoms with Gasteiger partial charge in [0.1, 0.15) is 11.6 Å². The van der Waals surface area contributed by atoms with Gasteiger partial charge in [-0.2, -0.15) is 5.10 Å². The van der Waals surface area contributed by atoms with Crippen LogP contribution in [0.5, 0.6) is 0 Å². The molecule has 0 spiro atoms. The molecule has 0 aliphatic heterocycles. The molecule has 72 valence electrons. The average molecular weight is 203 g/mol. The predicted octanol–water partition coefficient (Wildman–Crippen LogP) is -0.709. The maximum absolute atomic E-state index is 11.1. The molecule has 0 aliphatic carbocycles. The fourth-order valence-electron chi connectivity index (χ4n) is 0.792. The molecule has 0 radical (unpaired) electrons. The third-order valence-electron chi connectivity index (χ3n) is 1.22. The highest BCUT2D eigenvalue weighted by Gasteiger charge is 2.07. The molecule has 7 heteroatoms. The number of carbonyl (C=O) groups is 1. The molecule has 1 N–H and O–H groups in total. The Bertz CT molecular complexity index is 356. The van der Waals surface area contributed by atoms with Crippen molar-refractivity contribution >= 4 is 17.2 Å². The second-order valence-electron chi connectivity index (χ2n) is 2.27. The summed E-state index contributed by atoms with van der Waals surface area (Å²) in [6.45, 7) is 1.59. The fourth-order valence-corrected chi connectivity index (χ4v) is 1.40. The van der Waals surface area contributed by atoms with E-state index in [0.717, 1.165) is 16.0 Å². The van der Waals surface area contributed by atoms with Crippen LogP contribution in [0.15, 0.2) is 4.79 Å². The minimum absolute atomic E-state index is 0.114. The third kappa shape index (κ3) is 2.63. The Kier molecular flexibility index (Phi) is 3.15. The van der Waals surface area contributed by atoms with Gasteiger partial charge in [0.25, 0.3) is 5.91 Å². The van der Waals surface area contributed by atoms with Crippen LogP contribution >= 0.6 is 11.3 Å². The Morgan fingerprint density at radius 3 is 2.92 bits per heavy atom. The summed E-state index contributed by atoms with van der Waals surface area (Å²) in [6, 6.07) is 0. The Morgan fingerprint density at radius 1 is 1.77 bits per heavy atom. The molecule has 1 amide bonds. The molecule has 1 aromatic heterocycles. The van der Waals surface area contributed by atoms with Crippen LogP contribution in [0.1, 0.15) is 5.01 Å². The number of hydrogen-bond acceptors (Lipinski definition) is 5. The van der Waals surface area contributed by atoms with E-state index in [0.29, 0.717) is 5.01 Å². The number of carbonyl (C=O) groups excluding carboxylic acids is 1. The summed E-state index contributed by atoms with van der Waals surface area (Å²) in [5.74, 6) is -0.407. The van der Waals surface area contributed by atoms with Crippen molar-refractivity contribution in [3.63, 3.8) is 0 Å². The molecule has 0 saturated carbocycles. The van der Waals surface area contributed by atoms with Crippen LogP contribution in [0, 0.1) is 6.92 Å². The smallest absolute Gasteiger partial charge is 0.277 e. The Balaban J connectivity index is 2.69. The van der Waals surface area contributed by atoms with Crippen LogP contribution in [0.3, 0.4) is 0 Å². The highest BCUT2D eigenvalue weighted by Crippen LogP contribution is 1.93. The monoisotopic (exact) mass is 203 g/mol. The van der Waals surface area contributed by atoms with E-state index in [2.05, 4.69) is 15.4 Å². The molecule has 1 heterocycles. The van der Waals surface area contributed by atoms with Crippen LogP contribution in [-0.2, 0) is 16.2 Å². The van der Waals surface area contributed by atoms with Gasteiger partial charge in [0.15, 0.2) is 0 Å². The van der Waals surface area contributed by atoms with Crippen molar-refractivity contribution in [3.8, 4) is 0 Å². The zero-order valence-corrected chi connectivity index (χ0v) is 8.05. The van der Waals surface area contributed by atoms with E-state index < -0.39 is 5.91 Å². The number of aryl methyl sites for hydroxylation is 1. The van der Waals surface area contributed by atoms with E-state index in [4.69, 9.17) is 0 Å². The second kappa shape index (κ2) is 4.15. The molecule has 1 aromatic rings. The molecule has 0 aromatic carbocycles. The van der Waals surface area contributed by atoms with Gasteiger partial charge in [-0.25, -0.2) is 10.2 Å². The van der Waals surface area contributed by atoms with Gasteiger partial charge in [-0.1, -0.05) is 11.3 Å². The van der Waals surface area contributed by atoms with Crippen LogP contribution in [0.2, 0.25) is 0 Å². The molecule has 0 atom stereocenters. The molecular weight excluding hydrogens is 194 g/mol. The van der Waals surface area contributed by atoms with E-state index in [1.165, 1.54) is 7.11 Å². The predicted molar refractivity (Wildman–Crippen MR) is 46.3 cm³/mol. The van der Waals surface area contributed by atoms with Gasteiger partial charge < -0.3 is 0 Å². The zero-order chi connectivity index (χ0) is 9.84. The van der Waals surface area contributed by atoms with Crippen molar-refractivity contribution in [3.05, 3.63) is 14.7 Å². The van der Waals surface area contributed by atoms with Crippen molar-refractivity contribution in [2.24, 2.45) is 0 Å². The van der Waals surface area contributed by atoms with E-state index >= 15 is 0 Å². The summed E-state index contributed by atoms with van der Waals surface area (Å²) in [4.78, 5) is 26.2. The Hall–Kier alpha value is -1.21. The number of hydroxylamine groups is 1. The van der Waals surface area contributed by atoms with Gasteiger partial charge in [0.2, 0.25) is 0 Å². The first-order valence-corrected chi connectivity index (χ1v) is 4.31. The summed E-state index contributed by atoms with van der Waals surface area (Å²) >= 11 is 1.00. The molecule has 1 rings (SSSR count). The van der Waals surface area contributed by atoms with Crippen molar-refractivity contribution in [2.45, 2.75) is 13.5 Å². The molecule has 0 aliphatic rings. The zero-order valence-electron chi connectivity index (χ0n) is 7.23. The minimum atomic E-state index is -0.407. The number of hydrogen-bond donors (Lipinski definition) is 1. The number of nitrogens with zero attached hydrogens (tertiary/aromatic N) is 2. The van der Waals surface area contributed by atoms with Crippen molar-refractivity contribution in [1.29, 1.82) is 0 Å². The quantitative estimate of drug-likeness (QED) is 0.659. The molecule has 0 fully saturated rings. The minimum Gasteiger partial charge on any atom is -0.277 e. The third-order valence-corrected chi connectivity index (χ3v) is 1.98. The van der Waals surface area contributed by atoms with E-state index in [9.17, 15) is 9.59 Å². The average Bonchev–Trinajstić information content (AvgIpc) is 2.30. The second-order valence-corrected chi connectivity index (χ2v) is 3.42. The van der Waals surface area contributed by atoms with Crippen molar-refractivity contribution in [1.82, 2.24) is 15.3 Å². The maximum atomic E-state index is 11.1. The van der Waals surface area contributed by atoms with Gasteiger partial charge >= 0.3 is 4.87 Å². The Labute approximate surface area is 78.1 Å². The molecule has 0 saturated heterocycles. The van der Waals surface area contributed by atoms with Gasteiger partial charge in [0.05, 0.1) is 7.11 Å². The first kappa shape index (κ1) is 9.87. The van der Waals surface area contributed by atoms with Gasteiger partial charge in [0, 0.05) is 0 Å². The van der Waals surface area contributed by atoms with E-state index in [1.807, 2.05) is 0 Å². The molecule has 0 unspecified atom stereocenters. The van der Waals surface area contributed by atoms with Crippen molar-refractivity contribution < 1.29 is 9.63 Å². The molecule has 0 bridgehead atoms. The lowest BCUT2D eigenvalue weighted by molar-refractivity contribution is -0.132. The largest absolute Gasteiger partial charge is 0.325 e. The van der Waals surface area contributed by atoms with Crippen LogP contribution in [0.25, 0.3) is 0 Å². The number of amides is 1. The topological polar surface area (TPSA) is 73.2 Å². The normalized spacial score (nSPS) is 10.0. The molecular formula is C6H9N3O3S. The summed E-state index contributed by atoms with van der Waals surface area (Å²) in [7, 11) is 1.33. The van der Waals surface area contributed by atoms with Crippen LogP contribution in [-0.4, -0.2) is 22.8 Å². The first-order chi connectivity index (χ1) is 6.13. The summed E-state index contributed by atoms with van der Waals surface area (Å²) in [5.41, 5.74) is 2.10. The summed E-state index contributed by atoms with van der Waals surface area (Å²) < 4.78 is 1.09. The van der Waals surface area contributed by atoms with Crippen LogP contribution < -0.4 is 10.4 Å². The standard InChI is InChI=1S/C6H9N3O3S/c1-4-7-9(6(11)13-4)3-5(10)8-12-2/h3H2,1-2H3,(H,8,10). The van der Waals surface area contributed by atoms with Crippen molar-refractivity contribution in [2.75, 3.05) is 7.11 Å². The lowest BCUT2D eigenvalue weighted by Gasteiger charge is -1.99. The lowest BCUT2D eigenvalue weighted by atomic mass is 10.6. The van der Waals surface area contributed by atoms with E-state index in [1.54, 1.807) is 6.92 Å². The highest BCUT2D eigenvalue weighted by molar-refractivity contribution is 7.08. The lowest BCUT2D eigenvalue weighted by Crippen LogP contribution is -2.30. The Morgan fingerprint density at radius 2 is 2.46 bits per heavy atom. The van der Waals surface area contributed by atoms with Crippen LogP contribution in [0.4, 0.5) is 0 Å². The fraction of sp³-hybridized carbons (Fsp3) is 0.500. The number of nitrogens with one attached hydrogen (secondary N) is 1. The molecule has 6 nitrogen and oxygen atoms in total. The van der Waals surface area contributed by atoms with Gasteiger partial charge in [-0.15, -0.1) is 0 Å². The van der Waals surface area contributed by atoms with E-state index in [-0.39, 0.29) is 11.4 Å². The highest BCUT2D eigenvalue weighted by atomic mass is 32.1. The number of rotatable bonds is 3. The first-order valence-electron chi connectivity index (χ1n) is 3.50. The van der Waals surface area contributed by atoms with Gasteiger partial charge in [-0.05, 0) is 6.92 Å². The summed E-state index contributed by atoms with van der Waals surface area (Å²) in [6.07, 6.45) is 0. The summed E-state index contributed by atoms with van der Waals surface area (Å²) in [5, 5.41) is 4.47. The maximum Gasteiger partial charge on any atom is 0.325 e. The molecule has 13 heavy (non-hydrogen) atoms. The van der Waals surface area contributed by atoms with Gasteiger partial charge in [-0.3, -0.25) is 14.4 Å². The SMILES string of the molecule is CONC(=O)Cn1nc(C)sc1=O.